The van der Waals surface area contributed by atoms with Crippen LogP contribution in [0.4, 0.5) is 5.69 Å². The third-order valence-corrected chi connectivity index (χ3v) is 2.95. The van der Waals surface area contributed by atoms with Gasteiger partial charge in [-0.2, -0.15) is 4.68 Å². The van der Waals surface area contributed by atoms with Gasteiger partial charge < -0.3 is 10.7 Å². The minimum absolute atomic E-state index is 0.119. The molecule has 0 unspecified atom stereocenters. The molecule has 0 aliphatic heterocycles. The number of aromatic amines is 2. The Hall–Kier alpha value is -2.64. The summed E-state index contributed by atoms with van der Waals surface area (Å²) in [4.78, 5) is 27.2. The molecule has 0 aromatic carbocycles. The third kappa shape index (κ3) is 1.60. The largest absolute Gasteiger partial charge is 0.393 e. The highest BCUT2D eigenvalue weighted by atomic mass is 16.1. The number of aromatic nitrogens is 6. The molecule has 0 aliphatic rings. The van der Waals surface area contributed by atoms with Gasteiger partial charge in [0.25, 0.3) is 5.56 Å². The Morgan fingerprint density at radius 2 is 2.11 bits per heavy atom. The molecule has 0 saturated heterocycles. The van der Waals surface area contributed by atoms with Gasteiger partial charge in [0, 0.05) is 0 Å². The van der Waals surface area contributed by atoms with Crippen molar-refractivity contribution in [2.24, 2.45) is 0 Å². The van der Waals surface area contributed by atoms with Crippen molar-refractivity contribution < 1.29 is 0 Å². The maximum Gasteiger partial charge on any atom is 0.296 e. The van der Waals surface area contributed by atoms with Crippen LogP contribution in [0.5, 0.6) is 0 Å². The van der Waals surface area contributed by atoms with Crippen LogP contribution in [-0.4, -0.2) is 29.7 Å². The zero-order valence-corrected chi connectivity index (χ0v) is 10.5. The highest BCUT2D eigenvalue weighted by Gasteiger charge is 2.17. The topological polar surface area (TPSA) is 118 Å². The summed E-state index contributed by atoms with van der Waals surface area (Å²) in [6.07, 6.45) is 2.86. The van der Waals surface area contributed by atoms with Gasteiger partial charge in [0.05, 0.1) is 12.0 Å². The Bertz CT molecular complexity index is 795. The molecule has 98 valence electrons. The van der Waals surface area contributed by atoms with Crippen LogP contribution in [0.15, 0.2) is 17.4 Å². The second kappa shape index (κ2) is 3.94. The van der Waals surface area contributed by atoms with Crippen LogP contribution in [0, 0.1) is 0 Å². The van der Waals surface area contributed by atoms with E-state index in [1.54, 1.807) is 0 Å². The van der Waals surface area contributed by atoms with Crippen molar-refractivity contribution in [3.63, 3.8) is 0 Å². The van der Waals surface area contributed by atoms with Crippen LogP contribution in [0.25, 0.3) is 17.0 Å². The molecule has 19 heavy (non-hydrogen) atoms. The lowest BCUT2D eigenvalue weighted by Gasteiger charge is -2.03. The zero-order chi connectivity index (χ0) is 13.6. The summed E-state index contributed by atoms with van der Waals surface area (Å²) < 4.78 is 1.31. The molecule has 4 N–H and O–H groups in total. The van der Waals surface area contributed by atoms with Gasteiger partial charge in [-0.1, -0.05) is 13.8 Å². The van der Waals surface area contributed by atoms with Crippen molar-refractivity contribution >= 4 is 16.9 Å². The van der Waals surface area contributed by atoms with E-state index in [2.05, 4.69) is 25.0 Å². The molecule has 8 heteroatoms. The fourth-order valence-electron chi connectivity index (χ4n) is 1.98. The van der Waals surface area contributed by atoms with Crippen LogP contribution in [0.1, 0.15) is 25.5 Å². The molecule has 0 radical (unpaired) electrons. The molecule has 3 aromatic heterocycles. The second-order valence-electron chi connectivity index (χ2n) is 4.53. The van der Waals surface area contributed by atoms with E-state index in [0.717, 1.165) is 0 Å². The molecule has 0 bridgehead atoms. The van der Waals surface area contributed by atoms with E-state index in [0.29, 0.717) is 22.7 Å². The monoisotopic (exact) mass is 259 g/mol. The molecular formula is C11H13N7O. The van der Waals surface area contributed by atoms with Crippen molar-refractivity contribution in [1.82, 2.24) is 29.7 Å². The fraction of sp³-hybridized carbons (Fsp3) is 0.273. The normalized spacial score (nSPS) is 11.5. The summed E-state index contributed by atoms with van der Waals surface area (Å²) in [7, 11) is 0. The number of imidazole rings is 1. The van der Waals surface area contributed by atoms with Gasteiger partial charge >= 0.3 is 0 Å². The number of nitrogen functional groups attached to an aromatic ring is 1. The Morgan fingerprint density at radius 3 is 2.79 bits per heavy atom. The average molecular weight is 259 g/mol. The van der Waals surface area contributed by atoms with E-state index < -0.39 is 0 Å². The molecule has 0 atom stereocenters. The van der Waals surface area contributed by atoms with Gasteiger partial charge in [0.1, 0.15) is 17.5 Å². The maximum absolute atomic E-state index is 12.2. The Kier molecular flexibility index (Phi) is 2.37. The van der Waals surface area contributed by atoms with Gasteiger partial charge in [-0.25, -0.2) is 15.0 Å². The van der Waals surface area contributed by atoms with Crippen molar-refractivity contribution in [2.75, 3.05) is 5.73 Å². The molecule has 0 fully saturated rings. The number of fused-ring (bicyclic) bond motifs is 1. The van der Waals surface area contributed by atoms with E-state index in [1.165, 1.54) is 17.3 Å². The first-order chi connectivity index (χ1) is 9.09. The minimum Gasteiger partial charge on any atom is -0.393 e. The number of rotatable bonds is 2. The molecule has 8 nitrogen and oxygen atoms in total. The first-order valence-electron chi connectivity index (χ1n) is 5.84. The van der Waals surface area contributed by atoms with Crippen molar-refractivity contribution in [1.29, 1.82) is 0 Å². The number of hydrogen-bond donors (Lipinski definition) is 3. The predicted octanol–water partition coefficient (Wildman–Crippen LogP) is 0.538. The van der Waals surface area contributed by atoms with Crippen LogP contribution in [0.2, 0.25) is 0 Å². The maximum atomic E-state index is 12.2. The molecule has 3 heterocycles. The Labute approximate surface area is 107 Å². The number of hydrogen-bond acceptors (Lipinski definition) is 5. The Morgan fingerprint density at radius 1 is 1.32 bits per heavy atom. The first kappa shape index (κ1) is 11.5. The van der Waals surface area contributed by atoms with E-state index in [9.17, 15) is 4.79 Å². The van der Waals surface area contributed by atoms with E-state index in [-0.39, 0.29) is 17.2 Å². The SMILES string of the molecule is CC(C)c1[nH]n(-c2ncnc3nc[nH]c23)c(=O)c1N. The van der Waals surface area contributed by atoms with Crippen molar-refractivity contribution in [3.8, 4) is 5.82 Å². The fourth-order valence-corrected chi connectivity index (χ4v) is 1.98. The molecule has 0 saturated carbocycles. The second-order valence-corrected chi connectivity index (χ2v) is 4.53. The highest BCUT2D eigenvalue weighted by molar-refractivity contribution is 5.77. The number of nitrogens with two attached hydrogens (primary N) is 1. The molecule has 0 amide bonds. The minimum atomic E-state index is -0.321. The molecular weight excluding hydrogens is 246 g/mol. The van der Waals surface area contributed by atoms with Gasteiger partial charge in [-0.15, -0.1) is 0 Å². The number of nitrogens with zero attached hydrogens (tertiary/aromatic N) is 4. The zero-order valence-electron chi connectivity index (χ0n) is 10.5. The van der Waals surface area contributed by atoms with Gasteiger partial charge in [-0.05, 0) is 5.92 Å². The molecule has 3 aromatic rings. The van der Waals surface area contributed by atoms with Crippen LogP contribution < -0.4 is 11.3 Å². The number of nitrogens with one attached hydrogen (secondary N) is 2. The Balaban J connectivity index is 2.31. The lowest BCUT2D eigenvalue weighted by Crippen LogP contribution is -2.18. The third-order valence-electron chi connectivity index (χ3n) is 2.95. The average Bonchev–Trinajstić information content (AvgIpc) is 2.96. The summed E-state index contributed by atoms with van der Waals surface area (Å²) in [5.41, 5.74) is 7.49. The molecule has 0 spiro atoms. The van der Waals surface area contributed by atoms with Crippen LogP contribution in [-0.2, 0) is 0 Å². The summed E-state index contributed by atoms with van der Waals surface area (Å²) >= 11 is 0. The quantitative estimate of drug-likeness (QED) is 0.620. The smallest absolute Gasteiger partial charge is 0.296 e. The van der Waals surface area contributed by atoms with E-state index >= 15 is 0 Å². The van der Waals surface area contributed by atoms with Crippen molar-refractivity contribution in [3.05, 3.63) is 28.7 Å². The van der Waals surface area contributed by atoms with Gasteiger partial charge in [-0.3, -0.25) is 9.89 Å². The van der Waals surface area contributed by atoms with Crippen LogP contribution >= 0.6 is 0 Å². The lowest BCUT2D eigenvalue weighted by atomic mass is 10.1. The predicted molar refractivity (Wildman–Crippen MR) is 70.1 cm³/mol. The standard InChI is InChI=1S/C11H13N7O/c1-5(2)7-6(12)11(19)18(17-7)10-8-9(14-3-13-8)15-4-16-10/h3-5,17H,12H2,1-2H3,(H,13,14,15,16). The molecule has 0 aliphatic carbocycles. The summed E-state index contributed by atoms with van der Waals surface area (Å²) in [6.45, 7) is 3.91. The van der Waals surface area contributed by atoms with Gasteiger partial charge in [0.15, 0.2) is 11.5 Å². The van der Waals surface area contributed by atoms with Crippen LogP contribution in [0.3, 0.4) is 0 Å². The highest BCUT2D eigenvalue weighted by Crippen LogP contribution is 2.19. The molecule has 3 rings (SSSR count). The first-order valence-corrected chi connectivity index (χ1v) is 5.84. The summed E-state index contributed by atoms with van der Waals surface area (Å²) in [6, 6.07) is 0. The lowest BCUT2D eigenvalue weighted by molar-refractivity contribution is 0.750. The number of H-pyrrole nitrogens is 2. The van der Waals surface area contributed by atoms with E-state index in [1.807, 2.05) is 13.8 Å². The van der Waals surface area contributed by atoms with E-state index in [4.69, 9.17) is 5.73 Å². The van der Waals surface area contributed by atoms with Crippen molar-refractivity contribution in [2.45, 2.75) is 19.8 Å². The summed E-state index contributed by atoms with van der Waals surface area (Å²) in [5.74, 6) is 0.527. The summed E-state index contributed by atoms with van der Waals surface area (Å²) in [5, 5.41) is 2.99. The van der Waals surface area contributed by atoms with Gasteiger partial charge in [0.2, 0.25) is 0 Å². The number of anilines is 1.